The maximum Gasteiger partial charge on any atom is 0.0987 e. The van der Waals surface area contributed by atoms with E-state index in [0.717, 1.165) is 24.3 Å². The van der Waals surface area contributed by atoms with Gasteiger partial charge in [-0.15, -0.1) is 0 Å². The van der Waals surface area contributed by atoms with Crippen LogP contribution < -0.4 is 5.32 Å². The summed E-state index contributed by atoms with van der Waals surface area (Å²) in [6.45, 7) is 1.12. The van der Waals surface area contributed by atoms with Crippen LogP contribution in [0.4, 0.5) is 0 Å². The van der Waals surface area contributed by atoms with Crippen LogP contribution in [0.1, 0.15) is 25.7 Å². The molecule has 1 heterocycles. The van der Waals surface area contributed by atoms with Crippen LogP contribution in [-0.2, 0) is 0 Å². The second-order valence-corrected chi connectivity index (χ2v) is 4.93. The van der Waals surface area contributed by atoms with Gasteiger partial charge >= 0.3 is 0 Å². The molecule has 0 aromatic heterocycles. The Bertz CT molecular complexity index is 247. The smallest absolute Gasteiger partial charge is 0.0987 e. The van der Waals surface area contributed by atoms with Gasteiger partial charge in [-0.3, -0.25) is 0 Å². The summed E-state index contributed by atoms with van der Waals surface area (Å²) in [4.78, 5) is 0. The SMILES string of the molecule is N#C[C@H]1NC[C@@H]2C3CCC(CC3)[C@@H]21. The van der Waals surface area contributed by atoms with Crippen molar-refractivity contribution in [3.05, 3.63) is 0 Å². The Hall–Kier alpha value is -0.550. The zero-order valence-corrected chi connectivity index (χ0v) is 7.87. The third-order valence-corrected chi connectivity index (χ3v) is 4.56. The fourth-order valence-corrected chi connectivity index (χ4v) is 3.97. The summed E-state index contributed by atoms with van der Waals surface area (Å²) in [5.41, 5.74) is 0. The molecule has 0 amide bonds. The van der Waals surface area contributed by atoms with Crippen LogP contribution in [0.25, 0.3) is 0 Å². The topological polar surface area (TPSA) is 35.8 Å². The lowest BCUT2D eigenvalue weighted by Gasteiger charge is -2.45. The molecule has 2 nitrogen and oxygen atoms in total. The van der Waals surface area contributed by atoms with Gasteiger partial charge in [-0.2, -0.15) is 5.26 Å². The Kier molecular flexibility index (Phi) is 1.63. The molecular weight excluding hydrogens is 160 g/mol. The fourth-order valence-electron chi connectivity index (χ4n) is 3.97. The molecule has 4 aliphatic rings. The second kappa shape index (κ2) is 2.72. The van der Waals surface area contributed by atoms with E-state index in [-0.39, 0.29) is 6.04 Å². The van der Waals surface area contributed by atoms with Crippen LogP contribution in [-0.4, -0.2) is 12.6 Å². The molecule has 0 aromatic carbocycles. The van der Waals surface area contributed by atoms with Crippen molar-refractivity contribution >= 4 is 0 Å². The molecular formula is C11H16N2. The molecule has 3 atom stereocenters. The maximum absolute atomic E-state index is 9.02. The summed E-state index contributed by atoms with van der Waals surface area (Å²) in [5.74, 6) is 3.37. The number of nitrogens with one attached hydrogen (secondary N) is 1. The predicted octanol–water partition coefficient (Wildman–Crippen LogP) is 1.53. The van der Waals surface area contributed by atoms with E-state index in [1.165, 1.54) is 25.7 Å². The van der Waals surface area contributed by atoms with Crippen molar-refractivity contribution in [3.8, 4) is 6.07 Å². The van der Waals surface area contributed by atoms with Crippen LogP contribution in [0, 0.1) is 35.0 Å². The fraction of sp³-hybridized carbons (Fsp3) is 0.909. The molecule has 2 heteroatoms. The highest BCUT2D eigenvalue weighted by Crippen LogP contribution is 2.51. The van der Waals surface area contributed by atoms with E-state index >= 15 is 0 Å². The van der Waals surface area contributed by atoms with Gasteiger partial charge in [0.25, 0.3) is 0 Å². The summed E-state index contributed by atoms with van der Waals surface area (Å²) in [6.07, 6.45) is 5.66. The molecule has 4 rings (SSSR count). The summed E-state index contributed by atoms with van der Waals surface area (Å²) in [5, 5.41) is 12.4. The van der Waals surface area contributed by atoms with Crippen LogP contribution in [0.2, 0.25) is 0 Å². The van der Waals surface area contributed by atoms with Crippen molar-refractivity contribution < 1.29 is 0 Å². The van der Waals surface area contributed by atoms with Gasteiger partial charge in [-0.1, -0.05) is 0 Å². The van der Waals surface area contributed by atoms with Crippen molar-refractivity contribution in [1.29, 1.82) is 5.26 Å². The molecule has 0 radical (unpaired) electrons. The van der Waals surface area contributed by atoms with Crippen LogP contribution in [0.5, 0.6) is 0 Å². The third-order valence-electron chi connectivity index (χ3n) is 4.56. The summed E-state index contributed by atoms with van der Waals surface area (Å²) in [7, 11) is 0. The average Bonchev–Trinajstić information content (AvgIpc) is 2.64. The zero-order valence-electron chi connectivity index (χ0n) is 7.87. The van der Waals surface area contributed by atoms with Gasteiger partial charge in [0.05, 0.1) is 12.1 Å². The minimum absolute atomic E-state index is 0.179. The molecule has 3 aliphatic carbocycles. The minimum atomic E-state index is 0.179. The van der Waals surface area contributed by atoms with Crippen molar-refractivity contribution in [2.24, 2.45) is 23.7 Å². The predicted molar refractivity (Wildman–Crippen MR) is 49.8 cm³/mol. The highest BCUT2D eigenvalue weighted by Gasteiger charge is 2.50. The van der Waals surface area contributed by atoms with Gasteiger partial charge in [0.2, 0.25) is 0 Å². The molecule has 0 spiro atoms. The number of nitriles is 1. The quantitative estimate of drug-likeness (QED) is 0.607. The Morgan fingerprint density at radius 1 is 1.08 bits per heavy atom. The summed E-state index contributed by atoms with van der Waals surface area (Å²) in [6, 6.07) is 2.62. The van der Waals surface area contributed by atoms with Crippen molar-refractivity contribution in [2.45, 2.75) is 31.7 Å². The molecule has 0 unspecified atom stereocenters. The highest BCUT2D eigenvalue weighted by molar-refractivity contribution is 5.09. The Balaban J connectivity index is 1.90. The molecule has 0 aromatic rings. The monoisotopic (exact) mass is 176 g/mol. The molecule has 4 fully saturated rings. The van der Waals surface area contributed by atoms with E-state index in [1.54, 1.807) is 0 Å². The third kappa shape index (κ3) is 0.971. The van der Waals surface area contributed by atoms with Crippen molar-refractivity contribution in [1.82, 2.24) is 5.32 Å². The molecule has 70 valence electrons. The van der Waals surface area contributed by atoms with Gasteiger partial charge in [-0.25, -0.2) is 0 Å². The lowest BCUT2D eigenvalue weighted by atomic mass is 9.58. The molecule has 1 aliphatic heterocycles. The highest BCUT2D eigenvalue weighted by atomic mass is 15.0. The van der Waals surface area contributed by atoms with Crippen molar-refractivity contribution in [2.75, 3.05) is 6.54 Å². The van der Waals surface area contributed by atoms with E-state index in [0.29, 0.717) is 5.92 Å². The first-order chi connectivity index (χ1) is 6.40. The zero-order chi connectivity index (χ0) is 8.84. The lowest BCUT2D eigenvalue weighted by Crippen LogP contribution is -2.41. The first-order valence-corrected chi connectivity index (χ1v) is 5.53. The van der Waals surface area contributed by atoms with E-state index in [1.807, 2.05) is 0 Å². The van der Waals surface area contributed by atoms with E-state index < -0.39 is 0 Å². The number of hydrogen-bond donors (Lipinski definition) is 1. The standard InChI is InChI=1S/C11H16N2/c12-5-10-11-8-3-1-7(2-4-8)9(11)6-13-10/h7-11,13H,1-4,6H2/t7?,8?,9-,10-,11+/m1/s1. The number of rotatable bonds is 0. The van der Waals surface area contributed by atoms with Gasteiger partial charge in [0.1, 0.15) is 0 Å². The largest absolute Gasteiger partial charge is 0.301 e. The van der Waals surface area contributed by atoms with Gasteiger partial charge < -0.3 is 5.32 Å². The maximum atomic E-state index is 9.02. The van der Waals surface area contributed by atoms with Gasteiger partial charge in [-0.05, 0) is 55.9 Å². The number of hydrogen-bond acceptors (Lipinski definition) is 2. The molecule has 13 heavy (non-hydrogen) atoms. The first-order valence-electron chi connectivity index (χ1n) is 5.53. The second-order valence-electron chi connectivity index (χ2n) is 4.93. The normalized spacial score (nSPS) is 53.0. The Morgan fingerprint density at radius 2 is 1.77 bits per heavy atom. The average molecular weight is 176 g/mol. The van der Waals surface area contributed by atoms with E-state index in [9.17, 15) is 0 Å². The van der Waals surface area contributed by atoms with Crippen LogP contribution in [0.15, 0.2) is 0 Å². The lowest BCUT2D eigenvalue weighted by molar-refractivity contribution is 0.0499. The molecule has 2 bridgehead atoms. The molecule has 1 saturated heterocycles. The Morgan fingerprint density at radius 3 is 2.46 bits per heavy atom. The summed E-state index contributed by atoms with van der Waals surface area (Å²) < 4.78 is 0. The number of nitrogens with zero attached hydrogens (tertiary/aromatic N) is 1. The molecule has 1 N–H and O–H groups in total. The molecule has 3 saturated carbocycles. The van der Waals surface area contributed by atoms with Crippen LogP contribution >= 0.6 is 0 Å². The van der Waals surface area contributed by atoms with Gasteiger partial charge in [0, 0.05) is 0 Å². The van der Waals surface area contributed by atoms with Crippen LogP contribution in [0.3, 0.4) is 0 Å². The summed E-state index contributed by atoms with van der Waals surface area (Å²) >= 11 is 0. The Labute approximate surface area is 79.3 Å². The van der Waals surface area contributed by atoms with Gasteiger partial charge in [0.15, 0.2) is 0 Å². The van der Waals surface area contributed by atoms with Crippen molar-refractivity contribution in [3.63, 3.8) is 0 Å². The number of fused-ring (bicyclic) bond motifs is 2. The van der Waals surface area contributed by atoms with E-state index in [4.69, 9.17) is 5.26 Å². The minimum Gasteiger partial charge on any atom is -0.301 e. The van der Waals surface area contributed by atoms with E-state index in [2.05, 4.69) is 11.4 Å². The first kappa shape index (κ1) is 7.82.